The summed E-state index contributed by atoms with van der Waals surface area (Å²) < 4.78 is 0. The SMILES string of the molecule is CCC1CC(CC2CC(CC)CC(C(C)(C)CC)C2O)C(O)C(C(C)(C)CC)C1. The van der Waals surface area contributed by atoms with E-state index in [0.29, 0.717) is 23.7 Å². The maximum Gasteiger partial charge on any atom is 0.0601 e. The Hall–Kier alpha value is -0.0800. The molecule has 2 rings (SSSR count). The summed E-state index contributed by atoms with van der Waals surface area (Å²) in [6, 6.07) is 0. The second kappa shape index (κ2) is 10.0. The van der Waals surface area contributed by atoms with Crippen molar-refractivity contribution in [3.8, 4) is 0 Å². The molecule has 0 bridgehead atoms. The number of hydrogen-bond acceptors (Lipinski definition) is 2. The maximum atomic E-state index is 11.4. The molecule has 0 saturated heterocycles. The molecular formula is C27H52O2. The van der Waals surface area contributed by atoms with Crippen LogP contribution in [0.15, 0.2) is 0 Å². The van der Waals surface area contributed by atoms with Gasteiger partial charge in [-0.1, -0.05) is 81.1 Å². The van der Waals surface area contributed by atoms with Crippen LogP contribution in [0.4, 0.5) is 0 Å². The largest absolute Gasteiger partial charge is 0.393 e. The van der Waals surface area contributed by atoms with Crippen LogP contribution in [0, 0.1) is 46.3 Å². The third-order valence-corrected chi connectivity index (χ3v) is 9.83. The van der Waals surface area contributed by atoms with Gasteiger partial charge in [0.05, 0.1) is 12.2 Å². The Bertz CT molecular complexity index is 453. The summed E-state index contributed by atoms with van der Waals surface area (Å²) in [6.45, 7) is 18.6. The molecule has 0 aromatic heterocycles. The van der Waals surface area contributed by atoms with Crippen molar-refractivity contribution in [2.75, 3.05) is 0 Å². The molecule has 2 aliphatic rings. The molecule has 2 fully saturated rings. The lowest BCUT2D eigenvalue weighted by atomic mass is 9.57. The van der Waals surface area contributed by atoms with Crippen LogP contribution in [0.5, 0.6) is 0 Å². The fourth-order valence-electron chi connectivity index (χ4n) is 6.60. The van der Waals surface area contributed by atoms with Gasteiger partial charge < -0.3 is 10.2 Å². The van der Waals surface area contributed by atoms with Crippen molar-refractivity contribution in [1.82, 2.24) is 0 Å². The van der Waals surface area contributed by atoms with E-state index < -0.39 is 0 Å². The lowest BCUT2D eigenvalue weighted by molar-refractivity contribution is -0.0942. The van der Waals surface area contributed by atoms with Crippen LogP contribution >= 0.6 is 0 Å². The summed E-state index contributed by atoms with van der Waals surface area (Å²) in [7, 11) is 0. The van der Waals surface area contributed by atoms with Gasteiger partial charge in [0.2, 0.25) is 0 Å². The Morgan fingerprint density at radius 2 is 0.966 bits per heavy atom. The third-order valence-electron chi connectivity index (χ3n) is 9.83. The molecule has 0 radical (unpaired) electrons. The molecule has 29 heavy (non-hydrogen) atoms. The summed E-state index contributed by atoms with van der Waals surface area (Å²) in [5.41, 5.74) is 0.380. The third kappa shape index (κ3) is 5.59. The Morgan fingerprint density at radius 3 is 1.24 bits per heavy atom. The van der Waals surface area contributed by atoms with Gasteiger partial charge in [0, 0.05) is 0 Å². The van der Waals surface area contributed by atoms with Gasteiger partial charge in [-0.2, -0.15) is 0 Å². The molecule has 8 atom stereocenters. The lowest BCUT2D eigenvalue weighted by Gasteiger charge is -2.50. The topological polar surface area (TPSA) is 40.5 Å². The molecule has 0 amide bonds. The summed E-state index contributed by atoms with van der Waals surface area (Å²) in [5.74, 6) is 2.94. The van der Waals surface area contributed by atoms with Gasteiger partial charge in [0.25, 0.3) is 0 Å². The van der Waals surface area contributed by atoms with Crippen LogP contribution < -0.4 is 0 Å². The van der Waals surface area contributed by atoms with Crippen LogP contribution in [-0.4, -0.2) is 22.4 Å². The lowest BCUT2D eigenvalue weighted by Crippen LogP contribution is -2.48. The highest BCUT2D eigenvalue weighted by Crippen LogP contribution is 2.51. The molecule has 0 aromatic carbocycles. The number of rotatable bonds is 8. The van der Waals surface area contributed by atoms with Crippen molar-refractivity contribution in [2.45, 2.75) is 125 Å². The monoisotopic (exact) mass is 408 g/mol. The fourth-order valence-corrected chi connectivity index (χ4v) is 6.60. The molecule has 8 unspecified atom stereocenters. The molecule has 0 aromatic rings. The van der Waals surface area contributed by atoms with Crippen molar-refractivity contribution in [2.24, 2.45) is 46.3 Å². The summed E-state index contributed by atoms with van der Waals surface area (Å²) in [5, 5.41) is 22.9. The van der Waals surface area contributed by atoms with Crippen molar-refractivity contribution in [1.29, 1.82) is 0 Å². The zero-order valence-electron chi connectivity index (χ0n) is 20.9. The van der Waals surface area contributed by atoms with Gasteiger partial charge in [0.15, 0.2) is 0 Å². The van der Waals surface area contributed by atoms with Crippen molar-refractivity contribution >= 4 is 0 Å². The highest BCUT2D eigenvalue weighted by molar-refractivity contribution is 4.97. The predicted octanol–water partition coefficient (Wildman–Crippen LogP) is 7.08. The second-order valence-electron chi connectivity index (χ2n) is 12.1. The first kappa shape index (κ1) is 25.2. The molecule has 0 heterocycles. The van der Waals surface area contributed by atoms with E-state index >= 15 is 0 Å². The summed E-state index contributed by atoms with van der Waals surface area (Å²) in [6.07, 6.45) is 9.91. The fraction of sp³-hybridized carbons (Fsp3) is 1.00. The van der Waals surface area contributed by atoms with Gasteiger partial charge in [-0.3, -0.25) is 0 Å². The smallest absolute Gasteiger partial charge is 0.0601 e. The van der Waals surface area contributed by atoms with Crippen molar-refractivity contribution in [3.05, 3.63) is 0 Å². The number of aliphatic hydroxyl groups excluding tert-OH is 2. The van der Waals surface area contributed by atoms with E-state index in [4.69, 9.17) is 0 Å². The zero-order chi connectivity index (χ0) is 22.0. The predicted molar refractivity (Wildman–Crippen MR) is 125 cm³/mol. The van der Waals surface area contributed by atoms with Crippen LogP contribution in [0.2, 0.25) is 0 Å². The summed E-state index contributed by atoms with van der Waals surface area (Å²) >= 11 is 0. The maximum absolute atomic E-state index is 11.4. The van der Waals surface area contributed by atoms with E-state index in [0.717, 1.165) is 43.9 Å². The highest BCUT2D eigenvalue weighted by Gasteiger charge is 2.47. The van der Waals surface area contributed by atoms with Gasteiger partial charge in [-0.05, 0) is 78.4 Å². The molecule has 2 N–H and O–H groups in total. The van der Waals surface area contributed by atoms with E-state index in [1.165, 1.54) is 25.7 Å². The number of hydrogen-bond donors (Lipinski definition) is 2. The molecule has 2 nitrogen and oxygen atoms in total. The van der Waals surface area contributed by atoms with Crippen LogP contribution in [0.1, 0.15) is 113 Å². The van der Waals surface area contributed by atoms with Gasteiger partial charge in [-0.25, -0.2) is 0 Å². The molecular weight excluding hydrogens is 356 g/mol. The average Bonchev–Trinajstić information content (AvgIpc) is 2.70. The van der Waals surface area contributed by atoms with E-state index in [-0.39, 0.29) is 23.0 Å². The molecule has 0 aliphatic heterocycles. The Labute approximate surface area is 182 Å². The van der Waals surface area contributed by atoms with Crippen LogP contribution in [0.3, 0.4) is 0 Å². The van der Waals surface area contributed by atoms with Gasteiger partial charge >= 0.3 is 0 Å². The molecule has 2 aliphatic carbocycles. The molecule has 0 spiro atoms. The zero-order valence-corrected chi connectivity index (χ0v) is 20.9. The highest BCUT2D eigenvalue weighted by atomic mass is 16.3. The molecule has 2 heteroatoms. The first-order valence-corrected chi connectivity index (χ1v) is 12.9. The minimum absolute atomic E-state index is 0.190. The van der Waals surface area contributed by atoms with Gasteiger partial charge in [-0.15, -0.1) is 0 Å². The Kier molecular flexibility index (Phi) is 8.71. The summed E-state index contributed by atoms with van der Waals surface area (Å²) in [4.78, 5) is 0. The molecule has 172 valence electrons. The van der Waals surface area contributed by atoms with Gasteiger partial charge in [0.1, 0.15) is 0 Å². The first-order chi connectivity index (χ1) is 13.5. The standard InChI is InChI=1S/C27H52O2/c1-9-18-13-20(24(28)22(15-18)26(5,6)11-3)17-21-14-19(10-2)16-23(25(21)29)27(7,8)12-4/h18-25,28-29H,9-17H2,1-8H3. The van der Waals surface area contributed by atoms with Crippen molar-refractivity contribution < 1.29 is 10.2 Å². The van der Waals surface area contributed by atoms with E-state index in [9.17, 15) is 10.2 Å². The average molecular weight is 409 g/mol. The van der Waals surface area contributed by atoms with E-state index in [1.807, 2.05) is 0 Å². The molecule has 2 saturated carbocycles. The van der Waals surface area contributed by atoms with E-state index in [2.05, 4.69) is 55.4 Å². The normalized spacial score (nSPS) is 39.5. The Morgan fingerprint density at radius 1 is 0.621 bits per heavy atom. The quantitative estimate of drug-likeness (QED) is 0.450. The van der Waals surface area contributed by atoms with Crippen LogP contribution in [0.25, 0.3) is 0 Å². The second-order valence-corrected chi connectivity index (χ2v) is 12.1. The minimum Gasteiger partial charge on any atom is -0.393 e. The first-order valence-electron chi connectivity index (χ1n) is 12.9. The van der Waals surface area contributed by atoms with E-state index in [1.54, 1.807) is 0 Å². The van der Waals surface area contributed by atoms with Crippen LogP contribution in [-0.2, 0) is 0 Å². The minimum atomic E-state index is -0.209. The number of aliphatic hydroxyl groups is 2. The Balaban J connectivity index is 2.22. The van der Waals surface area contributed by atoms with Crippen molar-refractivity contribution in [3.63, 3.8) is 0 Å².